The quantitative estimate of drug-likeness (QED) is 0.772. The van der Waals surface area contributed by atoms with Crippen LogP contribution in [0.4, 0.5) is 26.3 Å². The van der Waals surface area contributed by atoms with Crippen LogP contribution in [0, 0.1) is 0 Å². The Hall–Kier alpha value is -1.25. The molecule has 1 heterocycles. The molecule has 1 N–H and O–H groups in total. The molecular formula is C7H6F6N2O. The molecule has 92 valence electrons. The van der Waals surface area contributed by atoms with Gasteiger partial charge >= 0.3 is 12.4 Å². The number of nitrogens with zero attached hydrogens (tertiary/aromatic N) is 2. The molecule has 0 saturated heterocycles. The predicted octanol–water partition coefficient (Wildman–Crippen LogP) is 2.03. The number of alkyl halides is 6. The molecular weight excluding hydrogens is 242 g/mol. The van der Waals surface area contributed by atoms with Gasteiger partial charge in [0.2, 0.25) is 0 Å². The summed E-state index contributed by atoms with van der Waals surface area (Å²) in [5.41, 5.74) is -3.04. The van der Waals surface area contributed by atoms with Gasteiger partial charge in [-0.05, 0) is 0 Å². The molecule has 0 spiro atoms. The van der Waals surface area contributed by atoms with E-state index in [-0.39, 0.29) is 0 Å². The van der Waals surface area contributed by atoms with Gasteiger partial charge in [-0.1, -0.05) is 0 Å². The van der Waals surface area contributed by atoms with E-state index < -0.39 is 29.7 Å². The van der Waals surface area contributed by atoms with Crippen molar-refractivity contribution in [1.29, 1.82) is 0 Å². The van der Waals surface area contributed by atoms with Crippen molar-refractivity contribution in [2.45, 2.75) is 18.5 Å². The summed E-state index contributed by atoms with van der Waals surface area (Å²) < 4.78 is 73.5. The van der Waals surface area contributed by atoms with Crippen LogP contribution in [0.5, 0.6) is 0 Å². The Labute approximate surface area is 85.3 Å². The van der Waals surface area contributed by atoms with Gasteiger partial charge in [0, 0.05) is 18.8 Å². The lowest BCUT2D eigenvalue weighted by Gasteiger charge is -2.15. The molecule has 3 nitrogen and oxygen atoms in total. The van der Waals surface area contributed by atoms with Crippen molar-refractivity contribution in [1.82, 2.24) is 9.78 Å². The van der Waals surface area contributed by atoms with Crippen molar-refractivity contribution in [2.75, 3.05) is 0 Å². The number of aliphatic hydroxyl groups excluding tert-OH is 1. The second-order valence-electron chi connectivity index (χ2n) is 3.05. The van der Waals surface area contributed by atoms with E-state index in [1.807, 2.05) is 0 Å². The maximum absolute atomic E-state index is 12.3. The zero-order valence-electron chi connectivity index (χ0n) is 7.76. The van der Waals surface area contributed by atoms with E-state index in [9.17, 15) is 26.3 Å². The molecule has 1 unspecified atom stereocenters. The van der Waals surface area contributed by atoms with Gasteiger partial charge in [-0.15, -0.1) is 0 Å². The molecule has 9 heteroatoms. The number of halogens is 6. The highest BCUT2D eigenvalue weighted by Gasteiger charge is 2.46. The van der Waals surface area contributed by atoms with Gasteiger partial charge in [-0.3, -0.25) is 4.68 Å². The van der Waals surface area contributed by atoms with Crippen LogP contribution in [0.3, 0.4) is 0 Å². The molecule has 0 amide bonds. The zero-order valence-corrected chi connectivity index (χ0v) is 7.76. The molecule has 1 atom stereocenters. The fraction of sp³-hybridized carbons (Fsp3) is 0.571. The first-order valence-corrected chi connectivity index (χ1v) is 3.89. The maximum Gasteiger partial charge on any atom is 0.435 e. The van der Waals surface area contributed by atoms with Gasteiger partial charge in [0.15, 0.2) is 11.8 Å². The first kappa shape index (κ1) is 12.8. The highest BCUT2D eigenvalue weighted by atomic mass is 19.4. The molecule has 0 fully saturated rings. The summed E-state index contributed by atoms with van der Waals surface area (Å²) in [7, 11) is 1.03. The van der Waals surface area contributed by atoms with E-state index in [2.05, 4.69) is 5.10 Å². The summed E-state index contributed by atoms with van der Waals surface area (Å²) in [5, 5.41) is 11.6. The van der Waals surface area contributed by atoms with E-state index in [1.54, 1.807) is 0 Å². The van der Waals surface area contributed by atoms with Crippen LogP contribution in [0.1, 0.15) is 17.4 Å². The minimum absolute atomic E-state index is 0.487. The minimum Gasteiger partial charge on any atom is -0.379 e. The maximum atomic E-state index is 12.3. The molecule has 0 bridgehead atoms. The zero-order chi connectivity index (χ0) is 12.7. The third-order valence-corrected chi connectivity index (χ3v) is 1.73. The summed E-state index contributed by atoms with van der Waals surface area (Å²) in [4.78, 5) is 0. The largest absolute Gasteiger partial charge is 0.435 e. The van der Waals surface area contributed by atoms with Crippen molar-refractivity contribution < 1.29 is 31.4 Å². The Kier molecular flexibility index (Phi) is 2.92. The van der Waals surface area contributed by atoms with Crippen molar-refractivity contribution >= 4 is 0 Å². The summed E-state index contributed by atoms with van der Waals surface area (Å²) in [5.74, 6) is 0. The molecule has 1 aromatic rings. The fourth-order valence-corrected chi connectivity index (χ4v) is 1.10. The number of hydrogen-bond acceptors (Lipinski definition) is 2. The monoisotopic (exact) mass is 248 g/mol. The molecule has 0 radical (unpaired) electrons. The van der Waals surface area contributed by atoms with E-state index in [1.165, 1.54) is 0 Å². The molecule has 0 saturated carbocycles. The van der Waals surface area contributed by atoms with E-state index >= 15 is 0 Å². The first-order valence-electron chi connectivity index (χ1n) is 3.89. The van der Waals surface area contributed by atoms with Gasteiger partial charge in [0.05, 0.1) is 0 Å². The Bertz CT molecular complexity index is 379. The number of aryl methyl sites for hydroxylation is 1. The van der Waals surface area contributed by atoms with Gasteiger partial charge in [0.1, 0.15) is 0 Å². The molecule has 16 heavy (non-hydrogen) atoms. The Morgan fingerprint density at radius 3 is 2.12 bits per heavy atom. The van der Waals surface area contributed by atoms with E-state index in [0.717, 1.165) is 7.05 Å². The lowest BCUT2D eigenvalue weighted by atomic mass is 10.1. The summed E-state index contributed by atoms with van der Waals surface area (Å²) in [6.45, 7) is 0. The van der Waals surface area contributed by atoms with Crippen molar-refractivity contribution in [2.24, 2.45) is 7.05 Å². The van der Waals surface area contributed by atoms with Crippen LogP contribution in [0.25, 0.3) is 0 Å². The molecule has 0 aliphatic rings. The average molecular weight is 248 g/mol. The van der Waals surface area contributed by atoms with Gasteiger partial charge in [-0.25, -0.2) is 0 Å². The number of aromatic nitrogens is 2. The van der Waals surface area contributed by atoms with Gasteiger partial charge in [0.25, 0.3) is 0 Å². The number of hydrogen-bond donors (Lipinski definition) is 1. The van der Waals surface area contributed by atoms with Crippen molar-refractivity contribution in [3.8, 4) is 0 Å². The molecule has 0 aliphatic carbocycles. The van der Waals surface area contributed by atoms with Crippen LogP contribution in [-0.2, 0) is 13.2 Å². The number of rotatable bonds is 1. The molecule has 0 aliphatic heterocycles. The highest BCUT2D eigenvalue weighted by Crippen LogP contribution is 2.39. The van der Waals surface area contributed by atoms with Crippen molar-refractivity contribution in [3.63, 3.8) is 0 Å². The Morgan fingerprint density at radius 1 is 1.25 bits per heavy atom. The average Bonchev–Trinajstić information content (AvgIpc) is 2.43. The SMILES string of the molecule is Cn1cc(C(O)C(F)(F)F)c(C(F)(F)F)n1. The minimum atomic E-state index is -5.16. The molecule has 0 aromatic carbocycles. The molecule has 1 rings (SSSR count). The smallest absolute Gasteiger partial charge is 0.379 e. The lowest BCUT2D eigenvalue weighted by Crippen LogP contribution is -2.23. The van der Waals surface area contributed by atoms with Crippen LogP contribution in [-0.4, -0.2) is 21.1 Å². The van der Waals surface area contributed by atoms with Gasteiger partial charge in [-0.2, -0.15) is 31.4 Å². The molecule has 1 aromatic heterocycles. The summed E-state index contributed by atoms with van der Waals surface area (Å²) in [6.07, 6.45) is -12.9. The van der Waals surface area contributed by atoms with Crippen LogP contribution < -0.4 is 0 Å². The standard InChI is InChI=1S/C7H6F6N2O/c1-15-2-3(5(16)7(11,12)13)4(14-15)6(8,9)10/h2,5,16H,1H3. The topological polar surface area (TPSA) is 38.0 Å². The third kappa shape index (κ3) is 2.46. The summed E-state index contributed by atoms with van der Waals surface area (Å²) in [6, 6.07) is 0. The van der Waals surface area contributed by atoms with E-state index in [4.69, 9.17) is 5.11 Å². The Morgan fingerprint density at radius 2 is 1.75 bits per heavy atom. The third-order valence-electron chi connectivity index (χ3n) is 1.73. The number of aliphatic hydroxyl groups is 1. The Balaban J connectivity index is 3.24. The van der Waals surface area contributed by atoms with E-state index in [0.29, 0.717) is 10.9 Å². The normalized spacial score (nSPS) is 15.2. The van der Waals surface area contributed by atoms with Gasteiger partial charge < -0.3 is 5.11 Å². The van der Waals surface area contributed by atoms with Crippen LogP contribution in [0.2, 0.25) is 0 Å². The fourth-order valence-electron chi connectivity index (χ4n) is 1.10. The van der Waals surface area contributed by atoms with Crippen LogP contribution in [0.15, 0.2) is 6.20 Å². The second-order valence-corrected chi connectivity index (χ2v) is 3.05. The predicted molar refractivity (Wildman–Crippen MR) is 39.2 cm³/mol. The lowest BCUT2D eigenvalue weighted by molar-refractivity contribution is -0.209. The first-order chi connectivity index (χ1) is 7.03. The van der Waals surface area contributed by atoms with Crippen LogP contribution >= 0.6 is 0 Å². The second kappa shape index (κ2) is 3.65. The summed E-state index contributed by atoms with van der Waals surface area (Å²) >= 11 is 0. The highest BCUT2D eigenvalue weighted by molar-refractivity contribution is 5.23. The van der Waals surface area contributed by atoms with Crippen molar-refractivity contribution in [3.05, 3.63) is 17.5 Å².